The Morgan fingerprint density at radius 2 is 1.82 bits per heavy atom. The van der Waals surface area contributed by atoms with E-state index in [9.17, 15) is 13.2 Å². The normalized spacial score (nSPS) is 16.9. The molecule has 0 saturated carbocycles. The lowest BCUT2D eigenvalue weighted by Gasteiger charge is -2.38. The highest BCUT2D eigenvalue weighted by molar-refractivity contribution is 7.91. The zero-order valence-corrected chi connectivity index (χ0v) is 21.3. The van der Waals surface area contributed by atoms with Gasteiger partial charge in [0.05, 0.1) is 35.0 Å². The molecule has 0 aliphatic carbocycles. The molecular formula is C24H29ClN3O3S2+. The highest BCUT2D eigenvalue weighted by atomic mass is 35.5. The molecule has 1 saturated heterocycles. The summed E-state index contributed by atoms with van der Waals surface area (Å²) in [6.07, 6.45) is 5.12. The number of carbonyl (C=O) groups excluding carboxylic acids is 1. The minimum atomic E-state index is -3.58. The van der Waals surface area contributed by atoms with Crippen molar-refractivity contribution >= 4 is 49.5 Å². The van der Waals surface area contributed by atoms with E-state index in [2.05, 4.69) is 4.99 Å². The van der Waals surface area contributed by atoms with Gasteiger partial charge in [-0.2, -0.15) is 0 Å². The second kappa shape index (κ2) is 9.70. The predicted octanol–water partition coefficient (Wildman–Crippen LogP) is 4.32. The summed E-state index contributed by atoms with van der Waals surface area (Å²) in [5.41, 5.74) is 0. The molecule has 176 valence electrons. The summed E-state index contributed by atoms with van der Waals surface area (Å²) in [6, 6.07) is 10.4. The number of halogens is 1. The number of thiazole rings is 1. The van der Waals surface area contributed by atoms with Gasteiger partial charge in [-0.05, 0) is 54.3 Å². The maximum absolute atomic E-state index is 13.5. The molecule has 6 nitrogen and oxygen atoms in total. The van der Waals surface area contributed by atoms with Crippen molar-refractivity contribution in [1.29, 1.82) is 0 Å². The van der Waals surface area contributed by atoms with Crippen LogP contribution >= 0.6 is 22.9 Å². The first-order chi connectivity index (χ1) is 15.7. The number of aromatic nitrogens is 1. The Morgan fingerprint density at radius 1 is 1.12 bits per heavy atom. The van der Waals surface area contributed by atoms with Gasteiger partial charge in [0, 0.05) is 25.3 Å². The molecular weight excluding hydrogens is 478 g/mol. The number of likely N-dealkylation sites (tertiary alicyclic amines) is 1. The van der Waals surface area contributed by atoms with Crippen molar-refractivity contribution in [3.63, 3.8) is 0 Å². The predicted molar refractivity (Wildman–Crippen MR) is 133 cm³/mol. The zero-order valence-electron chi connectivity index (χ0n) is 19.0. The summed E-state index contributed by atoms with van der Waals surface area (Å²) >= 11 is 7.63. The van der Waals surface area contributed by atoms with Gasteiger partial charge in [-0.25, -0.2) is 13.2 Å². The number of rotatable bonds is 6. The van der Waals surface area contributed by atoms with Crippen LogP contribution in [0, 0.1) is 0 Å². The van der Waals surface area contributed by atoms with Gasteiger partial charge in [0.1, 0.15) is 6.54 Å². The van der Waals surface area contributed by atoms with E-state index in [0.29, 0.717) is 16.1 Å². The third-order valence-corrected chi connectivity index (χ3v) is 9.53. The van der Waals surface area contributed by atoms with Crippen molar-refractivity contribution in [2.24, 2.45) is 12.0 Å². The van der Waals surface area contributed by atoms with Crippen LogP contribution in [0.5, 0.6) is 0 Å². The summed E-state index contributed by atoms with van der Waals surface area (Å²) < 4.78 is 28.5. The molecule has 9 heteroatoms. The van der Waals surface area contributed by atoms with E-state index in [1.54, 1.807) is 42.6 Å². The van der Waals surface area contributed by atoms with E-state index < -0.39 is 9.84 Å². The van der Waals surface area contributed by atoms with Crippen LogP contribution in [0.1, 0.15) is 30.6 Å². The van der Waals surface area contributed by atoms with Crippen LogP contribution in [-0.4, -0.2) is 49.3 Å². The van der Waals surface area contributed by atoms with E-state index in [4.69, 9.17) is 11.6 Å². The fourth-order valence-corrected chi connectivity index (χ4v) is 7.13. The number of aryl methyl sites for hydroxylation is 1. The number of benzene rings is 2. The first-order valence-corrected chi connectivity index (χ1v) is 14.0. The molecule has 0 atom stereocenters. The Morgan fingerprint density at radius 3 is 2.52 bits per heavy atom. The number of nitrogens with zero attached hydrogens (tertiary/aromatic N) is 3. The van der Waals surface area contributed by atoms with Crippen LogP contribution in [0.4, 0.5) is 0 Å². The van der Waals surface area contributed by atoms with Gasteiger partial charge < -0.3 is 4.57 Å². The molecule has 0 bridgehead atoms. The zero-order chi connectivity index (χ0) is 23.6. The Hall–Kier alpha value is -2.00. The maximum Gasteiger partial charge on any atom is 0.315 e. The lowest BCUT2D eigenvalue weighted by molar-refractivity contribution is -0.872. The molecule has 1 fully saturated rings. The van der Waals surface area contributed by atoms with Gasteiger partial charge in [-0.15, -0.1) is 0 Å². The summed E-state index contributed by atoms with van der Waals surface area (Å²) in [5.74, 6) is -0.171. The molecule has 2 aromatic carbocycles. The van der Waals surface area contributed by atoms with E-state index >= 15 is 0 Å². The topological polar surface area (TPSA) is 68.5 Å². The van der Waals surface area contributed by atoms with Gasteiger partial charge in [0.2, 0.25) is 0 Å². The first kappa shape index (κ1) is 24.1. The van der Waals surface area contributed by atoms with Gasteiger partial charge in [0.25, 0.3) is 0 Å². The van der Waals surface area contributed by atoms with Gasteiger partial charge in [0.15, 0.2) is 14.6 Å². The number of fused-ring (bicyclic) bond motifs is 1. The minimum absolute atomic E-state index is 0.0110. The van der Waals surface area contributed by atoms with Gasteiger partial charge in [-0.1, -0.05) is 35.1 Å². The number of carbonyl (C=O) groups is 1. The molecule has 0 unspecified atom stereocenters. The van der Waals surface area contributed by atoms with Crippen LogP contribution in [0.3, 0.4) is 0 Å². The van der Waals surface area contributed by atoms with Gasteiger partial charge in [-0.3, -0.25) is 9.48 Å². The van der Waals surface area contributed by atoms with Crippen LogP contribution in [0.25, 0.3) is 10.8 Å². The largest absolute Gasteiger partial charge is 0.327 e. The molecule has 1 aromatic heterocycles. The lowest BCUT2D eigenvalue weighted by atomic mass is 10.1. The smallest absolute Gasteiger partial charge is 0.315 e. The average molecular weight is 507 g/mol. The molecule has 3 aromatic rings. The minimum Gasteiger partial charge on any atom is -0.327 e. The maximum atomic E-state index is 13.5. The summed E-state index contributed by atoms with van der Waals surface area (Å²) in [4.78, 5) is 20.0. The highest BCUT2D eigenvalue weighted by Crippen LogP contribution is 2.27. The second-order valence-electron chi connectivity index (χ2n) is 8.74. The second-order valence-corrected chi connectivity index (χ2v) is 12.4. The number of sulfone groups is 1. The number of hydrogen-bond donors (Lipinski definition) is 0. The van der Waals surface area contributed by atoms with Crippen molar-refractivity contribution in [1.82, 2.24) is 4.57 Å². The molecule has 0 N–H and O–H groups in total. The monoisotopic (exact) mass is 506 g/mol. The standard InChI is InChI=1S/C24H29ClN3O3S2/c1-26-24-27(2)16-21(32-24)17-28(11-4-3-5-12-28)23(29)10-13-33(30,31)22-9-7-18-14-20(25)8-6-19(18)15-22/h6-9,14-16H,3-5,10-13,17H2,1-2H3/q+1. The summed E-state index contributed by atoms with van der Waals surface area (Å²) in [5, 5.41) is 2.31. The molecule has 0 radical (unpaired) electrons. The van der Waals surface area contributed by atoms with Crippen molar-refractivity contribution < 1.29 is 17.7 Å². The summed E-state index contributed by atoms with van der Waals surface area (Å²) in [6.45, 7) is 2.12. The van der Waals surface area contributed by atoms with Crippen molar-refractivity contribution in [2.75, 3.05) is 25.9 Å². The number of piperidine rings is 1. The first-order valence-electron chi connectivity index (χ1n) is 11.1. The van der Waals surface area contributed by atoms with E-state index in [-0.39, 0.29) is 23.0 Å². The molecule has 2 heterocycles. The third-order valence-electron chi connectivity index (χ3n) is 6.43. The van der Waals surface area contributed by atoms with Crippen LogP contribution in [0.15, 0.2) is 52.5 Å². The molecule has 1 amide bonds. The van der Waals surface area contributed by atoms with E-state index in [1.165, 1.54) is 0 Å². The number of hydrogen-bond acceptors (Lipinski definition) is 5. The summed E-state index contributed by atoms with van der Waals surface area (Å²) in [7, 11) is 0.133. The Balaban J connectivity index is 1.53. The molecule has 1 aliphatic rings. The molecule has 0 spiro atoms. The fourth-order valence-electron chi connectivity index (χ4n) is 4.64. The molecule has 33 heavy (non-hydrogen) atoms. The quantitative estimate of drug-likeness (QED) is 0.468. The number of quaternary nitrogens is 1. The highest BCUT2D eigenvalue weighted by Gasteiger charge is 2.39. The Kier molecular flexibility index (Phi) is 7.09. The van der Waals surface area contributed by atoms with Crippen molar-refractivity contribution in [3.8, 4) is 0 Å². The van der Waals surface area contributed by atoms with Gasteiger partial charge >= 0.3 is 5.91 Å². The van der Waals surface area contributed by atoms with Crippen molar-refractivity contribution in [3.05, 3.63) is 57.3 Å². The number of amides is 1. The van der Waals surface area contributed by atoms with Crippen LogP contribution in [0.2, 0.25) is 5.02 Å². The SMILES string of the molecule is CN=c1sc(C[N+]2(C(=O)CCS(=O)(=O)c3ccc4cc(Cl)ccc4c3)CCCCC2)cn1C. The van der Waals surface area contributed by atoms with E-state index in [1.807, 2.05) is 29.9 Å². The van der Waals surface area contributed by atoms with Crippen LogP contribution in [-0.2, 0) is 28.2 Å². The Labute approximate surface area is 203 Å². The van der Waals surface area contributed by atoms with Crippen molar-refractivity contribution in [2.45, 2.75) is 37.1 Å². The Bertz CT molecular complexity index is 1350. The lowest BCUT2D eigenvalue weighted by Crippen LogP contribution is -2.55. The van der Waals surface area contributed by atoms with Crippen LogP contribution < -0.4 is 4.80 Å². The fraction of sp³-hybridized carbons (Fsp3) is 0.417. The van der Waals surface area contributed by atoms with E-state index in [0.717, 1.165) is 52.8 Å². The molecule has 4 rings (SSSR count). The molecule has 1 aliphatic heterocycles. The third kappa shape index (κ3) is 5.24. The average Bonchev–Trinajstić information content (AvgIpc) is 3.16.